The average Bonchev–Trinajstić information content (AvgIpc) is 2.49. The van der Waals surface area contributed by atoms with Crippen LogP contribution in [0.3, 0.4) is 0 Å². The van der Waals surface area contributed by atoms with E-state index < -0.39 is 0 Å². The van der Waals surface area contributed by atoms with Crippen LogP contribution in [-0.4, -0.2) is 0 Å². The lowest BCUT2D eigenvalue weighted by Crippen LogP contribution is -2.15. The molecular weight excluding hydrogens is 310 g/mol. The molecule has 20 heavy (non-hydrogen) atoms. The molecular formula is C18H16BrN. The molecule has 0 bridgehead atoms. The molecule has 1 nitrogen and oxygen atoms in total. The maximum absolute atomic E-state index is 3.91. The van der Waals surface area contributed by atoms with Crippen molar-refractivity contribution in [1.82, 2.24) is 0 Å². The summed E-state index contributed by atoms with van der Waals surface area (Å²) in [5, 5.41) is 0. The van der Waals surface area contributed by atoms with Crippen molar-refractivity contribution in [2.24, 2.45) is 0 Å². The number of para-hydroxylation sites is 2. The lowest BCUT2D eigenvalue weighted by atomic mass is 10.2. The van der Waals surface area contributed by atoms with Gasteiger partial charge in [-0.25, -0.2) is 0 Å². The summed E-state index contributed by atoms with van der Waals surface area (Å²) in [4.78, 5) is 2.14. The molecule has 0 saturated carbocycles. The van der Waals surface area contributed by atoms with E-state index in [2.05, 4.69) is 52.2 Å². The number of halogens is 1. The summed E-state index contributed by atoms with van der Waals surface area (Å²) in [6.45, 7) is 7.69. The van der Waals surface area contributed by atoms with Crippen LogP contribution in [0.4, 0.5) is 11.4 Å². The minimum Gasteiger partial charge on any atom is -0.309 e. The maximum atomic E-state index is 3.91. The van der Waals surface area contributed by atoms with Gasteiger partial charge in [0.2, 0.25) is 0 Å². The SMILES string of the molecule is C=C/C=C(\C=C)N(c1ccccc1)c1ccccc1Br. The van der Waals surface area contributed by atoms with Gasteiger partial charge in [-0.15, -0.1) is 0 Å². The van der Waals surface area contributed by atoms with Crippen molar-refractivity contribution in [3.8, 4) is 0 Å². The van der Waals surface area contributed by atoms with Crippen molar-refractivity contribution in [3.05, 3.63) is 96.2 Å². The first-order valence-corrected chi connectivity index (χ1v) is 7.12. The van der Waals surface area contributed by atoms with Crippen LogP contribution < -0.4 is 4.90 Å². The van der Waals surface area contributed by atoms with Crippen LogP contribution in [0.2, 0.25) is 0 Å². The number of rotatable bonds is 5. The number of anilines is 2. The van der Waals surface area contributed by atoms with E-state index in [-0.39, 0.29) is 0 Å². The van der Waals surface area contributed by atoms with Crippen molar-refractivity contribution < 1.29 is 0 Å². The summed E-state index contributed by atoms with van der Waals surface area (Å²) in [6, 6.07) is 18.3. The van der Waals surface area contributed by atoms with Crippen LogP contribution in [0.5, 0.6) is 0 Å². The number of hydrogen-bond donors (Lipinski definition) is 0. The molecule has 2 aromatic rings. The Labute approximate surface area is 128 Å². The van der Waals surface area contributed by atoms with Crippen molar-refractivity contribution in [2.45, 2.75) is 0 Å². The Kier molecular flexibility index (Phi) is 4.97. The number of benzene rings is 2. The molecule has 0 atom stereocenters. The summed E-state index contributed by atoms with van der Waals surface area (Å²) < 4.78 is 1.03. The zero-order valence-corrected chi connectivity index (χ0v) is 12.8. The van der Waals surface area contributed by atoms with Gasteiger partial charge in [-0.3, -0.25) is 0 Å². The molecule has 2 heteroatoms. The van der Waals surface area contributed by atoms with E-state index >= 15 is 0 Å². The number of hydrogen-bond acceptors (Lipinski definition) is 1. The molecule has 0 unspecified atom stereocenters. The van der Waals surface area contributed by atoms with E-state index in [0.29, 0.717) is 0 Å². The van der Waals surface area contributed by atoms with Gasteiger partial charge in [-0.2, -0.15) is 0 Å². The third-order valence-corrected chi connectivity index (χ3v) is 3.53. The van der Waals surface area contributed by atoms with Gasteiger partial charge in [-0.1, -0.05) is 49.6 Å². The van der Waals surface area contributed by atoms with E-state index in [4.69, 9.17) is 0 Å². The van der Waals surface area contributed by atoms with Gasteiger partial charge in [-0.05, 0) is 52.3 Å². The predicted molar refractivity (Wildman–Crippen MR) is 91.2 cm³/mol. The smallest absolute Gasteiger partial charge is 0.0603 e. The molecule has 100 valence electrons. The molecule has 0 aliphatic rings. The van der Waals surface area contributed by atoms with Gasteiger partial charge in [0.25, 0.3) is 0 Å². The summed E-state index contributed by atoms with van der Waals surface area (Å²) in [5.41, 5.74) is 3.11. The van der Waals surface area contributed by atoms with Crippen molar-refractivity contribution >= 4 is 27.3 Å². The second kappa shape index (κ2) is 6.92. The Morgan fingerprint density at radius 2 is 1.60 bits per heavy atom. The van der Waals surface area contributed by atoms with Gasteiger partial charge in [0, 0.05) is 15.9 Å². The number of allylic oxidation sites excluding steroid dienone is 3. The molecule has 0 aliphatic heterocycles. The quantitative estimate of drug-likeness (QED) is 0.624. The van der Waals surface area contributed by atoms with Gasteiger partial charge >= 0.3 is 0 Å². The molecule has 0 radical (unpaired) electrons. The minimum absolute atomic E-state index is 0.970. The summed E-state index contributed by atoms with van der Waals surface area (Å²) in [7, 11) is 0. The van der Waals surface area contributed by atoms with E-state index in [1.54, 1.807) is 6.08 Å². The van der Waals surface area contributed by atoms with Crippen molar-refractivity contribution in [2.75, 3.05) is 4.90 Å². The first-order valence-electron chi connectivity index (χ1n) is 6.33. The highest BCUT2D eigenvalue weighted by atomic mass is 79.9. The molecule has 0 heterocycles. The molecule has 0 spiro atoms. The molecule has 0 fully saturated rings. The van der Waals surface area contributed by atoms with Crippen LogP contribution in [0, 0.1) is 0 Å². The fraction of sp³-hybridized carbons (Fsp3) is 0. The first kappa shape index (κ1) is 14.4. The van der Waals surface area contributed by atoms with E-state index in [1.165, 1.54) is 0 Å². The Balaban J connectivity index is 2.62. The average molecular weight is 326 g/mol. The van der Waals surface area contributed by atoms with Crippen LogP contribution >= 0.6 is 15.9 Å². The second-order valence-corrected chi connectivity index (χ2v) is 5.01. The van der Waals surface area contributed by atoms with E-state index in [0.717, 1.165) is 21.5 Å². The Hall–Kier alpha value is -2.06. The van der Waals surface area contributed by atoms with Gasteiger partial charge in [0.15, 0.2) is 0 Å². The fourth-order valence-electron chi connectivity index (χ4n) is 1.99. The van der Waals surface area contributed by atoms with E-state index in [1.807, 2.05) is 48.6 Å². The zero-order valence-electron chi connectivity index (χ0n) is 11.2. The molecule has 0 aromatic heterocycles. The van der Waals surface area contributed by atoms with Gasteiger partial charge in [0.1, 0.15) is 0 Å². The fourth-order valence-corrected chi connectivity index (χ4v) is 2.45. The lowest BCUT2D eigenvalue weighted by Gasteiger charge is -2.27. The minimum atomic E-state index is 0.970. The van der Waals surface area contributed by atoms with E-state index in [9.17, 15) is 0 Å². The summed E-state index contributed by atoms with van der Waals surface area (Å²) >= 11 is 3.61. The second-order valence-electron chi connectivity index (χ2n) is 4.15. The molecule has 0 aliphatic carbocycles. The Morgan fingerprint density at radius 1 is 0.950 bits per heavy atom. The lowest BCUT2D eigenvalue weighted by molar-refractivity contribution is 1.20. The standard InChI is InChI=1S/C18H16BrN/c1-3-10-15(4-2)20(16-11-6-5-7-12-16)18-14-9-8-13-17(18)19/h3-14H,1-2H2/b15-10+. The highest BCUT2D eigenvalue weighted by Gasteiger charge is 2.14. The van der Waals surface area contributed by atoms with Crippen LogP contribution in [0.25, 0.3) is 0 Å². The monoisotopic (exact) mass is 325 g/mol. The summed E-state index contributed by atoms with van der Waals surface area (Å²) in [5.74, 6) is 0. The normalized spacial score (nSPS) is 10.9. The molecule has 2 aromatic carbocycles. The highest BCUT2D eigenvalue weighted by Crippen LogP contribution is 2.35. The van der Waals surface area contributed by atoms with Crippen LogP contribution in [0.1, 0.15) is 0 Å². The van der Waals surface area contributed by atoms with Crippen molar-refractivity contribution in [3.63, 3.8) is 0 Å². The number of nitrogens with zero attached hydrogens (tertiary/aromatic N) is 1. The van der Waals surface area contributed by atoms with Crippen LogP contribution in [-0.2, 0) is 0 Å². The highest BCUT2D eigenvalue weighted by molar-refractivity contribution is 9.10. The third kappa shape index (κ3) is 3.09. The molecule has 0 amide bonds. The zero-order chi connectivity index (χ0) is 14.4. The maximum Gasteiger partial charge on any atom is 0.0603 e. The molecule has 2 rings (SSSR count). The van der Waals surface area contributed by atoms with Crippen LogP contribution in [0.15, 0.2) is 96.2 Å². The van der Waals surface area contributed by atoms with Gasteiger partial charge < -0.3 is 4.90 Å². The molecule has 0 saturated heterocycles. The van der Waals surface area contributed by atoms with Gasteiger partial charge in [0.05, 0.1) is 5.69 Å². The summed E-state index contributed by atoms with van der Waals surface area (Å²) in [6.07, 6.45) is 5.54. The predicted octanol–water partition coefficient (Wildman–Crippen LogP) is 5.84. The third-order valence-electron chi connectivity index (χ3n) is 2.86. The first-order chi connectivity index (χ1) is 9.77. The Morgan fingerprint density at radius 3 is 2.20 bits per heavy atom. The molecule has 0 N–H and O–H groups in total. The Bertz CT molecular complexity index is 629. The largest absolute Gasteiger partial charge is 0.309 e. The van der Waals surface area contributed by atoms with Crippen molar-refractivity contribution in [1.29, 1.82) is 0 Å². The topological polar surface area (TPSA) is 3.24 Å².